The van der Waals surface area contributed by atoms with E-state index in [4.69, 9.17) is 50.9 Å². The molecule has 62 heavy (non-hydrogen) atoms. The molecule has 20 heteroatoms. The van der Waals surface area contributed by atoms with E-state index < -0.39 is 0 Å². The topological polar surface area (TPSA) is 166 Å². The van der Waals surface area contributed by atoms with Gasteiger partial charge in [-0.15, -0.1) is 73.3 Å². The van der Waals surface area contributed by atoms with Crippen molar-refractivity contribution < 1.29 is 44.8 Å². The molecule has 0 bridgehead atoms. The third kappa shape index (κ3) is 282. The number of rotatable bonds is 18. The Labute approximate surface area is 462 Å². The summed E-state index contributed by atoms with van der Waals surface area (Å²) >= 11 is 38.3. The maximum Gasteiger partial charge on any atom is 3.00 e. The van der Waals surface area contributed by atoms with Crippen molar-refractivity contribution in [3.05, 3.63) is 0 Å². The van der Waals surface area contributed by atoms with Crippen LogP contribution < -0.4 is 30.6 Å². The molecule has 0 saturated heterocycles. The van der Waals surface area contributed by atoms with Gasteiger partial charge in [-0.2, -0.15) is 0 Å². The van der Waals surface area contributed by atoms with Gasteiger partial charge in [0.15, 0.2) is 15.2 Å². The first kappa shape index (κ1) is 89.3. The molecule has 0 aliphatic rings. The van der Waals surface area contributed by atoms with E-state index in [1.165, 1.54) is 99.3 Å². The molecule has 0 aromatic carbocycles. The Hall–Kier alpha value is 0.646. The zero-order chi connectivity index (χ0) is 49.7. The van der Waals surface area contributed by atoms with Gasteiger partial charge in [-0.1, -0.05) is 130 Å². The summed E-state index contributed by atoms with van der Waals surface area (Å²) in [6.07, 6.45) is 15.2. The van der Waals surface area contributed by atoms with Crippen molar-refractivity contribution >= 4 is 204 Å². The number of thiocarbonyl (C=S) groups is 9. The standard InChI is InChI=1S/3C10H20OS.6C2H4OS.2Sb/c3*1-9(2)7-5-4-6-8-11-10(3)12;6*1-2(3)4;;/h3*9H,4-8H2,1-3H3;6*1H3,(H,3,4);;/q;;;;;;;;;2*+3/p-6. The Morgan fingerprint density at radius 2 is 0.435 bits per heavy atom. The van der Waals surface area contributed by atoms with Crippen LogP contribution in [0.15, 0.2) is 0 Å². The Morgan fingerprint density at radius 3 is 0.532 bits per heavy atom. The molecule has 0 fully saturated rings. The van der Waals surface area contributed by atoms with Gasteiger partial charge in [0.05, 0.1) is 19.8 Å². The van der Waals surface area contributed by atoms with Crippen LogP contribution in [0, 0.1) is 17.8 Å². The molecule has 0 amide bonds. The van der Waals surface area contributed by atoms with Crippen molar-refractivity contribution in [2.75, 3.05) is 19.8 Å². The summed E-state index contributed by atoms with van der Waals surface area (Å²) in [6.45, 7) is 29.5. The minimum atomic E-state index is -0.250. The van der Waals surface area contributed by atoms with E-state index in [1.807, 2.05) is 20.8 Å². The normalized spacial score (nSPS) is 8.42. The van der Waals surface area contributed by atoms with Gasteiger partial charge in [-0.25, -0.2) is 0 Å². The fourth-order valence-corrected chi connectivity index (χ4v) is 3.39. The molecule has 0 aromatic rings. The molecule has 0 atom stereocenters. The smallest absolute Gasteiger partial charge is 0.868 e. The van der Waals surface area contributed by atoms with E-state index in [1.54, 1.807) is 0 Å². The fourth-order valence-electron chi connectivity index (χ4n) is 3.14. The van der Waals surface area contributed by atoms with Gasteiger partial charge in [-0.05, 0) is 115 Å². The number of hydrogen-bond donors (Lipinski definition) is 0. The third-order valence-electron chi connectivity index (χ3n) is 5.19. The monoisotopic (exact) mass is 1260 g/mol. The molecule has 9 nitrogen and oxygen atoms in total. The number of unbranched alkanes of at least 4 members (excludes halogenated alkanes) is 6. The van der Waals surface area contributed by atoms with Crippen LogP contribution in [0.1, 0.15) is 181 Å². The van der Waals surface area contributed by atoms with Crippen molar-refractivity contribution in [1.82, 2.24) is 0 Å². The summed E-state index contributed by atoms with van der Waals surface area (Å²) in [7, 11) is 0. The first-order valence-electron chi connectivity index (χ1n) is 19.7. The van der Waals surface area contributed by atoms with Crippen LogP contribution in [-0.2, 0) is 14.2 Å². The molecule has 4 radical (unpaired) electrons. The van der Waals surface area contributed by atoms with Crippen molar-refractivity contribution in [2.45, 2.75) is 181 Å². The SMILES string of the molecule is CC(=S)OCCCCCC(C)C.CC(=S)OCCCCCC(C)C.CC(=S)OCCCCCC(C)C.CC([O-])=S.CC([O-])=S.CC([O-])=S.CC([O-])=S.CC([O-])=S.CC([O-])=S.[Sb+3].[Sb+3]. The van der Waals surface area contributed by atoms with Gasteiger partial charge in [0.25, 0.3) is 0 Å². The Balaban J connectivity index is -0.0000000550. The maximum atomic E-state index is 9.26. The predicted octanol–water partition coefficient (Wildman–Crippen LogP) is 8.10. The van der Waals surface area contributed by atoms with Crippen molar-refractivity contribution in [3.8, 4) is 0 Å². The van der Waals surface area contributed by atoms with Gasteiger partial charge in [0, 0.05) is 20.8 Å². The molecule has 0 rings (SSSR count). The fraction of sp³-hybridized carbons (Fsp3) is 0.786. The van der Waals surface area contributed by atoms with E-state index in [0.29, 0.717) is 15.2 Å². The Bertz CT molecular complexity index is 880. The average Bonchev–Trinajstić information content (AvgIpc) is 3.00. The molecule has 0 aromatic heterocycles. The predicted molar refractivity (Wildman–Crippen MR) is 294 cm³/mol. The molecular formula is C42H78O9S9Sb2. The summed E-state index contributed by atoms with van der Waals surface area (Å²) in [4.78, 5) is 0. The van der Waals surface area contributed by atoms with Crippen LogP contribution in [0.2, 0.25) is 0 Å². The molecule has 0 aliphatic heterocycles. The molecule has 0 saturated carbocycles. The van der Waals surface area contributed by atoms with Crippen LogP contribution in [0.4, 0.5) is 0 Å². The van der Waals surface area contributed by atoms with Crippen molar-refractivity contribution in [2.24, 2.45) is 17.8 Å². The summed E-state index contributed by atoms with van der Waals surface area (Å²) in [6, 6.07) is 0. The van der Waals surface area contributed by atoms with E-state index >= 15 is 0 Å². The molecule has 364 valence electrons. The van der Waals surface area contributed by atoms with Crippen LogP contribution >= 0.6 is 110 Å². The third-order valence-corrected chi connectivity index (χ3v) is 5.55. The largest absolute Gasteiger partial charge is 3.00 e. The quantitative estimate of drug-likeness (QED) is 0.0733. The number of hydrogen-bond acceptors (Lipinski definition) is 18. The van der Waals surface area contributed by atoms with E-state index in [-0.39, 0.29) is 79.2 Å². The zero-order valence-corrected chi connectivity index (χ0v) is 52.5. The summed E-state index contributed by atoms with van der Waals surface area (Å²) in [5, 5.41) is 56.1. The van der Waals surface area contributed by atoms with Gasteiger partial charge in [0.2, 0.25) is 0 Å². The van der Waals surface area contributed by atoms with Crippen LogP contribution in [-0.4, -0.2) is 114 Å². The summed E-state index contributed by atoms with van der Waals surface area (Å²) < 4.78 is 15.5. The molecule has 0 aliphatic carbocycles. The molecular weight excluding hydrogens is 1180 g/mol. The van der Waals surface area contributed by atoms with E-state index in [9.17, 15) is 30.6 Å². The second-order valence-electron chi connectivity index (χ2n) is 13.7. The van der Waals surface area contributed by atoms with Gasteiger partial charge >= 0.3 is 48.9 Å². The second-order valence-corrected chi connectivity index (χ2v) is 18.9. The van der Waals surface area contributed by atoms with Crippen LogP contribution in [0.5, 0.6) is 0 Å². The van der Waals surface area contributed by atoms with E-state index in [2.05, 4.69) is 115 Å². The van der Waals surface area contributed by atoms with Crippen LogP contribution in [0.3, 0.4) is 0 Å². The molecule has 0 unspecified atom stereocenters. The first-order valence-corrected chi connectivity index (χ1v) is 23.4. The van der Waals surface area contributed by atoms with Crippen molar-refractivity contribution in [3.63, 3.8) is 0 Å². The second kappa shape index (κ2) is 75.9. The van der Waals surface area contributed by atoms with Gasteiger partial charge in [0.1, 0.15) is 0 Å². The van der Waals surface area contributed by atoms with Gasteiger partial charge in [-0.3, -0.25) is 0 Å². The van der Waals surface area contributed by atoms with E-state index in [0.717, 1.165) is 56.8 Å². The first-order chi connectivity index (χ1) is 27.3. The molecule has 0 spiro atoms. The average molecular weight is 1260 g/mol. The summed E-state index contributed by atoms with van der Waals surface area (Å²) in [5.74, 6) is 2.49. The minimum Gasteiger partial charge on any atom is -0.868 e. The molecule has 0 heterocycles. The Kier molecular flexibility index (Phi) is 109. The zero-order valence-electron chi connectivity index (χ0n) is 40.1. The molecule has 0 N–H and O–H groups in total. The Morgan fingerprint density at radius 1 is 0.306 bits per heavy atom. The van der Waals surface area contributed by atoms with Crippen molar-refractivity contribution in [1.29, 1.82) is 0 Å². The minimum absolute atomic E-state index is 0. The van der Waals surface area contributed by atoms with Crippen LogP contribution in [0.25, 0.3) is 0 Å². The maximum absolute atomic E-state index is 9.26. The summed E-state index contributed by atoms with van der Waals surface area (Å²) in [5.41, 5.74) is 0. The number of ether oxygens (including phenoxy) is 3. The van der Waals surface area contributed by atoms with Gasteiger partial charge < -0.3 is 44.8 Å².